The number of furan rings is 1. The Morgan fingerprint density at radius 3 is 1.58 bits per heavy atom. The molecule has 0 fully saturated rings. The fourth-order valence-corrected chi connectivity index (χ4v) is 8.05. The molecule has 0 N–H and O–H groups in total. The van der Waals surface area contributed by atoms with Crippen LogP contribution in [0.3, 0.4) is 0 Å². The van der Waals surface area contributed by atoms with Crippen LogP contribution in [-0.4, -0.2) is 15.0 Å². The quantitative estimate of drug-likeness (QED) is 0.186. The van der Waals surface area contributed by atoms with Crippen LogP contribution >= 0.6 is 0 Å². The third kappa shape index (κ3) is 4.66. The monoisotopic (exact) mass is 675 g/mol. The van der Waals surface area contributed by atoms with Gasteiger partial charge in [-0.3, -0.25) is 0 Å². The van der Waals surface area contributed by atoms with Crippen molar-refractivity contribution < 1.29 is 4.42 Å². The number of fused-ring (bicyclic) bond motifs is 9. The first-order valence-corrected chi connectivity index (χ1v) is 17.9. The highest BCUT2D eigenvalue weighted by Crippen LogP contribution is 2.43. The maximum Gasteiger partial charge on any atom is 0.164 e. The SMILES string of the molecule is c1ccc(-c2nc(-c3cccc4c(-c5cccc6ccccc56)cccc34)nc(-c3cc4ccccc4c4oc5c6ccccc6ccc5c34)n2)cc1. The van der Waals surface area contributed by atoms with Gasteiger partial charge in [-0.2, -0.15) is 0 Å². The van der Waals surface area contributed by atoms with E-state index in [9.17, 15) is 0 Å². The first kappa shape index (κ1) is 29.5. The molecule has 0 atom stereocenters. The summed E-state index contributed by atoms with van der Waals surface area (Å²) in [5.41, 5.74) is 6.85. The Hall–Kier alpha value is -7.17. The molecule has 53 heavy (non-hydrogen) atoms. The fraction of sp³-hybridized carbons (Fsp3) is 0. The van der Waals surface area contributed by atoms with Crippen molar-refractivity contribution in [3.63, 3.8) is 0 Å². The van der Waals surface area contributed by atoms with E-state index in [4.69, 9.17) is 19.4 Å². The Labute approximate surface area is 304 Å². The molecule has 11 aromatic rings. The summed E-state index contributed by atoms with van der Waals surface area (Å²) in [4.78, 5) is 15.8. The molecule has 2 aromatic heterocycles. The van der Waals surface area contributed by atoms with E-state index in [2.05, 4.69) is 158 Å². The summed E-state index contributed by atoms with van der Waals surface area (Å²) in [5.74, 6) is 1.84. The van der Waals surface area contributed by atoms with Gasteiger partial charge < -0.3 is 4.42 Å². The average molecular weight is 676 g/mol. The zero-order valence-electron chi connectivity index (χ0n) is 28.5. The summed E-state index contributed by atoms with van der Waals surface area (Å²) in [7, 11) is 0. The summed E-state index contributed by atoms with van der Waals surface area (Å²) in [5, 5.41) is 11.0. The molecular formula is C49H29N3O. The maximum atomic E-state index is 6.84. The third-order valence-electron chi connectivity index (χ3n) is 10.5. The minimum Gasteiger partial charge on any atom is -0.455 e. The summed E-state index contributed by atoms with van der Waals surface area (Å²) in [6, 6.07) is 61.5. The molecule has 0 bridgehead atoms. The Balaban J connectivity index is 1.21. The summed E-state index contributed by atoms with van der Waals surface area (Å²) in [6.45, 7) is 0. The van der Waals surface area contributed by atoms with Crippen molar-refractivity contribution in [1.82, 2.24) is 15.0 Å². The highest BCUT2D eigenvalue weighted by molar-refractivity contribution is 6.24. The van der Waals surface area contributed by atoms with Gasteiger partial charge in [-0.25, -0.2) is 15.0 Å². The summed E-state index contributed by atoms with van der Waals surface area (Å²) in [6.07, 6.45) is 0. The van der Waals surface area contributed by atoms with E-state index in [-0.39, 0.29) is 0 Å². The van der Waals surface area contributed by atoms with Crippen LogP contribution < -0.4 is 0 Å². The fourth-order valence-electron chi connectivity index (χ4n) is 8.05. The van der Waals surface area contributed by atoms with Crippen molar-refractivity contribution in [2.24, 2.45) is 0 Å². The van der Waals surface area contributed by atoms with Crippen LogP contribution in [0.25, 0.3) is 110 Å². The normalized spacial score (nSPS) is 11.8. The highest BCUT2D eigenvalue weighted by Gasteiger charge is 2.22. The average Bonchev–Trinajstić information content (AvgIpc) is 3.64. The minimum atomic E-state index is 0.600. The molecule has 0 saturated carbocycles. The lowest BCUT2D eigenvalue weighted by atomic mass is 9.92. The summed E-state index contributed by atoms with van der Waals surface area (Å²) < 4.78 is 6.84. The molecule has 0 radical (unpaired) electrons. The molecule has 11 rings (SSSR count). The van der Waals surface area contributed by atoms with E-state index in [1.165, 1.54) is 21.9 Å². The molecule has 246 valence electrons. The lowest BCUT2D eigenvalue weighted by molar-refractivity contribution is 0.676. The Bertz CT molecular complexity index is 3230. The van der Waals surface area contributed by atoms with Gasteiger partial charge >= 0.3 is 0 Å². The molecule has 0 amide bonds. The molecular weight excluding hydrogens is 647 g/mol. The second kappa shape index (κ2) is 11.7. The van der Waals surface area contributed by atoms with Gasteiger partial charge in [0.25, 0.3) is 0 Å². The number of hydrogen-bond acceptors (Lipinski definition) is 4. The van der Waals surface area contributed by atoms with E-state index >= 15 is 0 Å². The van der Waals surface area contributed by atoms with Crippen molar-refractivity contribution in [1.29, 1.82) is 0 Å². The number of rotatable bonds is 4. The maximum absolute atomic E-state index is 6.84. The third-order valence-corrected chi connectivity index (χ3v) is 10.5. The number of aromatic nitrogens is 3. The molecule has 0 saturated heterocycles. The molecule has 0 aliphatic rings. The van der Waals surface area contributed by atoms with Gasteiger partial charge in [0, 0.05) is 38.2 Å². The van der Waals surface area contributed by atoms with Crippen LogP contribution in [0.4, 0.5) is 0 Å². The van der Waals surface area contributed by atoms with E-state index in [0.29, 0.717) is 17.5 Å². The van der Waals surface area contributed by atoms with E-state index < -0.39 is 0 Å². The Kier molecular flexibility index (Phi) is 6.52. The minimum absolute atomic E-state index is 0.600. The van der Waals surface area contributed by atoms with Crippen LogP contribution in [0.5, 0.6) is 0 Å². The molecule has 4 nitrogen and oxygen atoms in total. The van der Waals surface area contributed by atoms with Crippen LogP contribution in [0, 0.1) is 0 Å². The molecule has 0 aliphatic carbocycles. The van der Waals surface area contributed by atoms with Gasteiger partial charge in [0.2, 0.25) is 0 Å². The first-order valence-electron chi connectivity index (χ1n) is 17.9. The molecule has 9 aromatic carbocycles. The molecule has 0 unspecified atom stereocenters. The van der Waals surface area contributed by atoms with Gasteiger partial charge in [-0.05, 0) is 55.6 Å². The first-order chi connectivity index (χ1) is 26.3. The standard InChI is InChI=1S/C49H29N3O/c1-2-15-32(16-3-1)47-50-48(41-26-12-24-39-38(23-11-25-40(39)41)37-22-10-18-30-13-4-7-19-34(30)37)52-49(51-47)43-29-33-17-6-9-21-36(33)46-44(43)42-28-27-31-14-5-8-20-35(31)45(42)53-46/h1-29H. The van der Waals surface area contributed by atoms with Crippen LogP contribution in [0.2, 0.25) is 0 Å². The molecule has 4 heteroatoms. The number of nitrogens with zero attached hydrogens (tertiary/aromatic N) is 3. The topological polar surface area (TPSA) is 51.8 Å². The zero-order valence-corrected chi connectivity index (χ0v) is 28.5. The summed E-state index contributed by atoms with van der Waals surface area (Å²) >= 11 is 0. The largest absolute Gasteiger partial charge is 0.455 e. The van der Waals surface area contributed by atoms with E-state index in [0.717, 1.165) is 70.9 Å². The highest BCUT2D eigenvalue weighted by atomic mass is 16.3. The Morgan fingerprint density at radius 2 is 0.811 bits per heavy atom. The van der Waals surface area contributed by atoms with E-state index in [1.54, 1.807) is 0 Å². The predicted octanol–water partition coefficient (Wildman–Crippen LogP) is 13.1. The number of hydrogen-bond donors (Lipinski definition) is 0. The molecule has 0 spiro atoms. The second-order valence-electron chi connectivity index (χ2n) is 13.5. The van der Waals surface area contributed by atoms with Crippen LogP contribution in [0.1, 0.15) is 0 Å². The second-order valence-corrected chi connectivity index (χ2v) is 13.5. The van der Waals surface area contributed by atoms with Crippen molar-refractivity contribution in [3.05, 3.63) is 176 Å². The van der Waals surface area contributed by atoms with Gasteiger partial charge in [-0.15, -0.1) is 0 Å². The Morgan fingerprint density at radius 1 is 0.302 bits per heavy atom. The van der Waals surface area contributed by atoms with Crippen molar-refractivity contribution in [2.75, 3.05) is 0 Å². The lowest BCUT2D eigenvalue weighted by Crippen LogP contribution is -2.01. The van der Waals surface area contributed by atoms with Gasteiger partial charge in [0.1, 0.15) is 11.2 Å². The van der Waals surface area contributed by atoms with Crippen LogP contribution in [-0.2, 0) is 0 Å². The van der Waals surface area contributed by atoms with E-state index in [1.807, 2.05) is 18.2 Å². The van der Waals surface area contributed by atoms with Crippen molar-refractivity contribution in [3.8, 4) is 45.3 Å². The lowest BCUT2D eigenvalue weighted by Gasteiger charge is -2.14. The van der Waals surface area contributed by atoms with Gasteiger partial charge in [0.05, 0.1) is 0 Å². The number of benzene rings is 9. The predicted molar refractivity (Wildman–Crippen MR) is 219 cm³/mol. The smallest absolute Gasteiger partial charge is 0.164 e. The van der Waals surface area contributed by atoms with Crippen molar-refractivity contribution >= 4 is 65.0 Å². The van der Waals surface area contributed by atoms with Gasteiger partial charge in [0.15, 0.2) is 17.5 Å². The molecule has 0 aliphatic heterocycles. The van der Waals surface area contributed by atoms with Crippen LogP contribution in [0.15, 0.2) is 180 Å². The zero-order chi connectivity index (χ0) is 34.9. The van der Waals surface area contributed by atoms with Crippen molar-refractivity contribution in [2.45, 2.75) is 0 Å². The van der Waals surface area contributed by atoms with Gasteiger partial charge in [-0.1, -0.05) is 164 Å². The molecule has 2 heterocycles.